The van der Waals surface area contributed by atoms with Gasteiger partial charge in [-0.2, -0.15) is 5.10 Å². The summed E-state index contributed by atoms with van der Waals surface area (Å²) in [6.07, 6.45) is 2.04. The normalized spacial score (nSPS) is 19.3. The van der Waals surface area contributed by atoms with Gasteiger partial charge >= 0.3 is 0 Å². The molecular formula is C10H15F2N3. The highest BCUT2D eigenvalue weighted by molar-refractivity contribution is 5.31. The summed E-state index contributed by atoms with van der Waals surface area (Å²) in [6, 6.07) is 0. The summed E-state index contributed by atoms with van der Waals surface area (Å²) in [7, 11) is 1.66. The van der Waals surface area contributed by atoms with Crippen molar-refractivity contribution < 1.29 is 8.78 Å². The Morgan fingerprint density at radius 1 is 1.60 bits per heavy atom. The minimum Gasteiger partial charge on any atom is -0.330 e. The summed E-state index contributed by atoms with van der Waals surface area (Å²) in [5.41, 5.74) is 6.01. The van der Waals surface area contributed by atoms with Crippen LogP contribution in [0.2, 0.25) is 0 Å². The zero-order valence-electron chi connectivity index (χ0n) is 8.71. The summed E-state index contributed by atoms with van der Waals surface area (Å²) in [6.45, 7) is 0.429. The molecule has 0 spiro atoms. The van der Waals surface area contributed by atoms with Crippen molar-refractivity contribution in [3.05, 3.63) is 17.5 Å². The minimum absolute atomic E-state index is 0.0948. The molecule has 0 atom stereocenters. The molecule has 1 saturated carbocycles. The average Bonchev–Trinajstić information content (AvgIpc) is 2.47. The third-order valence-electron chi connectivity index (χ3n) is 3.34. The van der Waals surface area contributed by atoms with Gasteiger partial charge in [-0.15, -0.1) is 0 Å². The van der Waals surface area contributed by atoms with E-state index in [2.05, 4.69) is 5.10 Å². The van der Waals surface area contributed by atoms with Gasteiger partial charge < -0.3 is 5.73 Å². The summed E-state index contributed by atoms with van der Waals surface area (Å²) in [5.74, 6) is 0. The molecule has 1 fully saturated rings. The van der Waals surface area contributed by atoms with Crippen molar-refractivity contribution in [1.29, 1.82) is 0 Å². The fraction of sp³-hybridized carbons (Fsp3) is 0.700. The van der Waals surface area contributed by atoms with Gasteiger partial charge in [0.2, 0.25) is 0 Å². The molecule has 1 aliphatic rings. The van der Waals surface area contributed by atoms with Crippen LogP contribution in [0.5, 0.6) is 0 Å². The molecule has 1 heterocycles. The maximum absolute atomic E-state index is 12.8. The van der Waals surface area contributed by atoms with Gasteiger partial charge in [0.1, 0.15) is 5.69 Å². The first kappa shape index (κ1) is 10.5. The van der Waals surface area contributed by atoms with E-state index in [-0.39, 0.29) is 11.1 Å². The Morgan fingerprint density at radius 3 is 2.67 bits per heavy atom. The summed E-state index contributed by atoms with van der Waals surface area (Å²) >= 11 is 0. The van der Waals surface area contributed by atoms with Crippen LogP contribution >= 0.6 is 0 Å². The zero-order valence-corrected chi connectivity index (χ0v) is 8.71. The molecule has 1 aromatic rings. The van der Waals surface area contributed by atoms with Crippen LogP contribution in [-0.2, 0) is 12.5 Å². The van der Waals surface area contributed by atoms with Crippen molar-refractivity contribution >= 4 is 0 Å². The number of alkyl halides is 2. The lowest BCUT2D eigenvalue weighted by molar-refractivity contribution is 0.138. The maximum Gasteiger partial charge on any atom is 0.282 e. The highest BCUT2D eigenvalue weighted by atomic mass is 19.3. The van der Waals surface area contributed by atoms with E-state index in [0.717, 1.165) is 19.3 Å². The minimum atomic E-state index is -2.51. The topological polar surface area (TPSA) is 43.8 Å². The first-order valence-corrected chi connectivity index (χ1v) is 5.11. The summed E-state index contributed by atoms with van der Waals surface area (Å²) in [5, 5.41) is 3.82. The molecule has 0 saturated heterocycles. The van der Waals surface area contributed by atoms with E-state index in [9.17, 15) is 8.78 Å². The molecule has 0 aliphatic heterocycles. The third-order valence-corrected chi connectivity index (χ3v) is 3.34. The third kappa shape index (κ3) is 1.55. The Balaban J connectivity index is 2.41. The molecule has 2 N–H and O–H groups in total. The van der Waals surface area contributed by atoms with Crippen molar-refractivity contribution in [3.63, 3.8) is 0 Å². The molecule has 0 unspecified atom stereocenters. The Labute approximate surface area is 87.3 Å². The molecule has 0 amide bonds. The standard InChI is InChI=1S/C10H15F2N3/c1-15-5-7(8(14-15)9(11)12)10(6-13)3-2-4-10/h5,9H,2-4,6,13H2,1H3. The molecule has 1 aromatic heterocycles. The SMILES string of the molecule is Cn1cc(C2(CN)CCC2)c(C(F)F)n1. The molecule has 5 heteroatoms. The van der Waals surface area contributed by atoms with Gasteiger partial charge in [-0.1, -0.05) is 6.42 Å². The zero-order chi connectivity index (χ0) is 11.1. The molecule has 84 valence electrons. The van der Waals surface area contributed by atoms with E-state index >= 15 is 0 Å². The fourth-order valence-corrected chi connectivity index (χ4v) is 2.26. The van der Waals surface area contributed by atoms with Gasteiger partial charge in [0, 0.05) is 30.8 Å². The lowest BCUT2D eigenvalue weighted by Crippen LogP contribution is -2.42. The molecule has 0 radical (unpaired) electrons. The van der Waals surface area contributed by atoms with E-state index in [0.29, 0.717) is 12.1 Å². The highest BCUT2D eigenvalue weighted by Crippen LogP contribution is 2.45. The first-order chi connectivity index (χ1) is 7.09. The van der Waals surface area contributed by atoms with Crippen LogP contribution in [0.1, 0.15) is 36.9 Å². The number of aromatic nitrogens is 2. The van der Waals surface area contributed by atoms with E-state index in [1.165, 1.54) is 4.68 Å². The Morgan fingerprint density at radius 2 is 2.27 bits per heavy atom. The Kier molecular flexibility index (Phi) is 2.50. The largest absolute Gasteiger partial charge is 0.330 e. The maximum atomic E-state index is 12.8. The second-order valence-corrected chi connectivity index (χ2v) is 4.24. The second-order valence-electron chi connectivity index (χ2n) is 4.24. The van der Waals surface area contributed by atoms with Crippen molar-refractivity contribution in [2.75, 3.05) is 6.54 Å². The van der Waals surface area contributed by atoms with E-state index in [1.807, 2.05) is 0 Å². The van der Waals surface area contributed by atoms with Crippen LogP contribution in [0.4, 0.5) is 8.78 Å². The Bertz CT molecular complexity index is 350. The van der Waals surface area contributed by atoms with Gasteiger partial charge in [0.05, 0.1) is 0 Å². The second kappa shape index (κ2) is 3.56. The molecular weight excluding hydrogens is 200 g/mol. The van der Waals surface area contributed by atoms with Gasteiger partial charge in [0.15, 0.2) is 0 Å². The van der Waals surface area contributed by atoms with Gasteiger partial charge in [0.25, 0.3) is 6.43 Å². The molecule has 0 bridgehead atoms. The quantitative estimate of drug-likeness (QED) is 0.834. The number of hydrogen-bond donors (Lipinski definition) is 1. The predicted molar refractivity (Wildman–Crippen MR) is 52.7 cm³/mol. The van der Waals surface area contributed by atoms with Gasteiger partial charge in [-0.3, -0.25) is 4.68 Å². The predicted octanol–water partition coefficient (Wildman–Crippen LogP) is 1.74. The molecule has 0 aromatic carbocycles. The lowest BCUT2D eigenvalue weighted by atomic mass is 9.64. The fourth-order valence-electron chi connectivity index (χ4n) is 2.26. The van der Waals surface area contributed by atoms with Crippen molar-refractivity contribution in [2.45, 2.75) is 31.1 Å². The Hall–Kier alpha value is -0.970. The molecule has 2 rings (SSSR count). The van der Waals surface area contributed by atoms with E-state index in [4.69, 9.17) is 5.73 Å². The first-order valence-electron chi connectivity index (χ1n) is 5.11. The number of nitrogens with two attached hydrogens (primary N) is 1. The average molecular weight is 215 g/mol. The molecule has 3 nitrogen and oxygen atoms in total. The van der Waals surface area contributed by atoms with Crippen LogP contribution < -0.4 is 5.73 Å². The number of aryl methyl sites for hydroxylation is 1. The van der Waals surface area contributed by atoms with E-state index in [1.54, 1.807) is 13.2 Å². The molecule has 15 heavy (non-hydrogen) atoms. The monoisotopic (exact) mass is 215 g/mol. The number of halogens is 2. The van der Waals surface area contributed by atoms with Crippen molar-refractivity contribution in [1.82, 2.24) is 9.78 Å². The number of hydrogen-bond acceptors (Lipinski definition) is 2. The van der Waals surface area contributed by atoms with Gasteiger partial charge in [-0.25, -0.2) is 8.78 Å². The molecule has 1 aliphatic carbocycles. The van der Waals surface area contributed by atoms with E-state index < -0.39 is 6.43 Å². The van der Waals surface area contributed by atoms with Crippen molar-refractivity contribution in [2.24, 2.45) is 12.8 Å². The van der Waals surface area contributed by atoms with Crippen LogP contribution in [0, 0.1) is 0 Å². The summed E-state index contributed by atoms with van der Waals surface area (Å²) in [4.78, 5) is 0. The smallest absolute Gasteiger partial charge is 0.282 e. The van der Waals surface area contributed by atoms with Crippen LogP contribution in [0.15, 0.2) is 6.20 Å². The highest BCUT2D eigenvalue weighted by Gasteiger charge is 2.41. The van der Waals surface area contributed by atoms with Crippen molar-refractivity contribution in [3.8, 4) is 0 Å². The number of nitrogens with zero attached hydrogens (tertiary/aromatic N) is 2. The van der Waals surface area contributed by atoms with Gasteiger partial charge in [-0.05, 0) is 12.8 Å². The van der Waals surface area contributed by atoms with Crippen LogP contribution in [-0.4, -0.2) is 16.3 Å². The lowest BCUT2D eigenvalue weighted by Gasteiger charge is -2.41. The summed E-state index contributed by atoms with van der Waals surface area (Å²) < 4.78 is 27.0. The van der Waals surface area contributed by atoms with Crippen LogP contribution in [0.25, 0.3) is 0 Å². The number of rotatable bonds is 3. The van der Waals surface area contributed by atoms with Crippen LogP contribution in [0.3, 0.4) is 0 Å².